The molecule has 4 rings (SSSR count). The van der Waals surface area contributed by atoms with Crippen molar-refractivity contribution in [2.24, 2.45) is 0 Å². The Morgan fingerprint density at radius 2 is 1.57 bits per heavy atom. The monoisotopic (exact) mass is 582 g/mol. The Morgan fingerprint density at radius 1 is 0.925 bits per heavy atom. The number of carbonyl (C=O) groups is 1. The third-order valence-electron chi connectivity index (χ3n) is 6.05. The maximum atomic E-state index is 13.6. The summed E-state index contributed by atoms with van der Waals surface area (Å²) in [4.78, 5) is 13.0. The van der Waals surface area contributed by atoms with Crippen LogP contribution in [0.1, 0.15) is 16.7 Å². The fourth-order valence-electron chi connectivity index (χ4n) is 3.80. The van der Waals surface area contributed by atoms with Crippen LogP contribution in [0.2, 0.25) is 5.02 Å². The van der Waals surface area contributed by atoms with Crippen LogP contribution in [0.15, 0.2) is 95.9 Å². The summed E-state index contributed by atoms with van der Waals surface area (Å²) in [6, 6.07) is 24.1. The van der Waals surface area contributed by atoms with Crippen LogP contribution in [0, 0.1) is 12.7 Å². The van der Waals surface area contributed by atoms with Gasteiger partial charge in [0, 0.05) is 6.54 Å². The lowest BCUT2D eigenvalue weighted by atomic mass is 10.2. The van der Waals surface area contributed by atoms with Crippen molar-refractivity contribution in [3.05, 3.63) is 119 Å². The molecule has 0 aromatic heterocycles. The minimum atomic E-state index is -4.09. The quantitative estimate of drug-likeness (QED) is 0.238. The Bertz CT molecular complexity index is 1560. The van der Waals surface area contributed by atoms with Crippen LogP contribution in [-0.2, 0) is 28.0 Å². The fourth-order valence-corrected chi connectivity index (χ4v) is 5.47. The standard InChI is InChI=1S/C30H28ClFN2O5S/c1-21-3-14-27(15-4-21)40(36,37)34(25-11-16-29(38-2)28(31)17-25)19-30(35)33-18-22-7-12-26(13-8-22)39-20-23-5-9-24(32)10-6-23/h3-17H,18-20H2,1-2H3,(H,33,35). The first kappa shape index (κ1) is 28.9. The second kappa shape index (κ2) is 12.8. The maximum Gasteiger partial charge on any atom is 0.264 e. The molecule has 0 radical (unpaired) electrons. The number of sulfonamides is 1. The molecule has 7 nitrogen and oxygen atoms in total. The predicted molar refractivity (Wildman–Crippen MR) is 153 cm³/mol. The largest absolute Gasteiger partial charge is 0.495 e. The molecule has 40 heavy (non-hydrogen) atoms. The lowest BCUT2D eigenvalue weighted by molar-refractivity contribution is -0.119. The first-order valence-corrected chi connectivity index (χ1v) is 14.1. The van der Waals surface area contributed by atoms with Crippen molar-refractivity contribution in [3.8, 4) is 11.5 Å². The van der Waals surface area contributed by atoms with Crippen LogP contribution in [-0.4, -0.2) is 28.0 Å². The van der Waals surface area contributed by atoms with Gasteiger partial charge in [-0.15, -0.1) is 0 Å². The molecule has 0 spiro atoms. The van der Waals surface area contributed by atoms with Gasteiger partial charge in [-0.05, 0) is 72.6 Å². The molecule has 208 valence electrons. The molecular formula is C30H28ClFN2O5S. The molecule has 0 aliphatic carbocycles. The smallest absolute Gasteiger partial charge is 0.264 e. The van der Waals surface area contributed by atoms with E-state index in [9.17, 15) is 17.6 Å². The third kappa shape index (κ3) is 7.31. The zero-order valence-electron chi connectivity index (χ0n) is 21.9. The molecule has 0 atom stereocenters. The summed E-state index contributed by atoms with van der Waals surface area (Å²) in [5.74, 6) is 0.192. The van der Waals surface area contributed by atoms with E-state index in [0.717, 1.165) is 21.0 Å². The number of aryl methyl sites for hydroxylation is 1. The number of halogens is 2. The van der Waals surface area contributed by atoms with Gasteiger partial charge in [0.1, 0.15) is 30.5 Å². The van der Waals surface area contributed by atoms with E-state index in [4.69, 9.17) is 21.1 Å². The van der Waals surface area contributed by atoms with Crippen molar-refractivity contribution in [3.63, 3.8) is 0 Å². The number of nitrogens with zero attached hydrogens (tertiary/aromatic N) is 1. The second-order valence-electron chi connectivity index (χ2n) is 8.98. The normalized spacial score (nSPS) is 11.1. The lowest BCUT2D eigenvalue weighted by Gasteiger charge is -2.24. The summed E-state index contributed by atoms with van der Waals surface area (Å²) >= 11 is 6.27. The van der Waals surface area contributed by atoms with E-state index < -0.39 is 22.5 Å². The van der Waals surface area contributed by atoms with Gasteiger partial charge in [0.2, 0.25) is 5.91 Å². The Labute approximate surface area is 238 Å². The zero-order valence-corrected chi connectivity index (χ0v) is 23.5. The van der Waals surface area contributed by atoms with Gasteiger partial charge >= 0.3 is 0 Å². The van der Waals surface area contributed by atoms with Crippen molar-refractivity contribution < 1.29 is 27.1 Å². The number of rotatable bonds is 11. The van der Waals surface area contributed by atoms with Crippen molar-refractivity contribution in [2.75, 3.05) is 18.0 Å². The van der Waals surface area contributed by atoms with E-state index in [1.165, 1.54) is 43.5 Å². The number of hydrogen-bond acceptors (Lipinski definition) is 5. The minimum absolute atomic E-state index is 0.0501. The Kier molecular flexibility index (Phi) is 9.29. The molecule has 0 unspecified atom stereocenters. The van der Waals surface area contributed by atoms with Crippen LogP contribution >= 0.6 is 11.6 Å². The summed E-state index contributed by atoms with van der Waals surface area (Å²) in [5, 5.41) is 2.99. The number of ether oxygens (including phenoxy) is 2. The second-order valence-corrected chi connectivity index (χ2v) is 11.2. The van der Waals surface area contributed by atoms with Crippen molar-refractivity contribution in [1.29, 1.82) is 0 Å². The molecule has 0 saturated heterocycles. The molecule has 0 aliphatic rings. The van der Waals surface area contributed by atoms with Crippen LogP contribution < -0.4 is 19.1 Å². The SMILES string of the molecule is COc1ccc(N(CC(=O)NCc2ccc(OCc3ccc(F)cc3)cc2)S(=O)(=O)c2ccc(C)cc2)cc1Cl. The first-order chi connectivity index (χ1) is 19.2. The molecule has 1 N–H and O–H groups in total. The average molecular weight is 583 g/mol. The fraction of sp³-hybridized carbons (Fsp3) is 0.167. The van der Waals surface area contributed by atoms with Gasteiger partial charge in [-0.3, -0.25) is 9.10 Å². The van der Waals surface area contributed by atoms with Crippen molar-refractivity contribution in [1.82, 2.24) is 5.32 Å². The molecule has 0 fully saturated rings. The van der Waals surface area contributed by atoms with Crippen LogP contribution in [0.3, 0.4) is 0 Å². The molecule has 0 heterocycles. The number of amides is 1. The van der Waals surface area contributed by atoms with Crippen LogP contribution in [0.25, 0.3) is 0 Å². The Hall–Kier alpha value is -4.08. The number of nitrogens with one attached hydrogen (secondary N) is 1. The Balaban J connectivity index is 1.44. The van der Waals surface area contributed by atoms with Gasteiger partial charge < -0.3 is 14.8 Å². The van der Waals surface area contributed by atoms with Crippen molar-refractivity contribution >= 4 is 33.2 Å². The van der Waals surface area contributed by atoms with E-state index in [0.29, 0.717) is 11.5 Å². The van der Waals surface area contributed by atoms with E-state index in [1.807, 2.05) is 6.92 Å². The van der Waals surface area contributed by atoms with E-state index in [1.54, 1.807) is 54.6 Å². The predicted octanol–water partition coefficient (Wildman–Crippen LogP) is 5.89. The van der Waals surface area contributed by atoms with Gasteiger partial charge in [0.05, 0.1) is 22.7 Å². The van der Waals surface area contributed by atoms with Crippen LogP contribution in [0.5, 0.6) is 11.5 Å². The molecule has 0 aliphatic heterocycles. The molecule has 4 aromatic rings. The van der Waals surface area contributed by atoms with Gasteiger partial charge in [0.15, 0.2) is 0 Å². The highest BCUT2D eigenvalue weighted by Gasteiger charge is 2.27. The first-order valence-electron chi connectivity index (χ1n) is 12.3. The van der Waals surface area contributed by atoms with E-state index in [-0.39, 0.29) is 34.6 Å². The summed E-state index contributed by atoms with van der Waals surface area (Å²) in [6.45, 7) is 1.86. The molecule has 1 amide bonds. The van der Waals surface area contributed by atoms with E-state index >= 15 is 0 Å². The van der Waals surface area contributed by atoms with Crippen LogP contribution in [0.4, 0.5) is 10.1 Å². The number of hydrogen-bond donors (Lipinski definition) is 1. The van der Waals surface area contributed by atoms with Gasteiger partial charge in [-0.2, -0.15) is 0 Å². The summed E-state index contributed by atoms with van der Waals surface area (Å²) in [7, 11) is -2.63. The highest BCUT2D eigenvalue weighted by Crippen LogP contribution is 2.32. The average Bonchev–Trinajstić information content (AvgIpc) is 2.95. The molecule has 10 heteroatoms. The van der Waals surface area contributed by atoms with E-state index in [2.05, 4.69) is 5.32 Å². The summed E-state index contributed by atoms with van der Waals surface area (Å²) in [6.07, 6.45) is 0. The number of carbonyl (C=O) groups excluding carboxylic acids is 1. The Morgan fingerprint density at radius 3 is 2.20 bits per heavy atom. The van der Waals surface area contributed by atoms with Crippen molar-refractivity contribution in [2.45, 2.75) is 25.0 Å². The molecular weight excluding hydrogens is 555 g/mol. The lowest BCUT2D eigenvalue weighted by Crippen LogP contribution is -2.40. The number of methoxy groups -OCH3 is 1. The summed E-state index contributed by atoms with van der Waals surface area (Å²) < 4.78 is 52.1. The summed E-state index contributed by atoms with van der Waals surface area (Å²) in [5.41, 5.74) is 2.76. The minimum Gasteiger partial charge on any atom is -0.495 e. The number of anilines is 1. The highest BCUT2D eigenvalue weighted by atomic mass is 35.5. The molecule has 4 aromatic carbocycles. The van der Waals surface area contributed by atoms with Gasteiger partial charge in [-0.25, -0.2) is 12.8 Å². The van der Waals surface area contributed by atoms with Gasteiger partial charge in [0.25, 0.3) is 10.0 Å². The highest BCUT2D eigenvalue weighted by molar-refractivity contribution is 7.92. The molecule has 0 saturated carbocycles. The zero-order chi connectivity index (χ0) is 28.7. The molecule has 0 bridgehead atoms. The number of benzene rings is 4. The maximum absolute atomic E-state index is 13.6. The topological polar surface area (TPSA) is 84.9 Å². The third-order valence-corrected chi connectivity index (χ3v) is 8.13. The van der Waals surface area contributed by atoms with Gasteiger partial charge in [-0.1, -0.05) is 53.6 Å².